The number of imidazole rings is 1. The van der Waals surface area contributed by atoms with Gasteiger partial charge in [0, 0.05) is 13.2 Å². The molecule has 0 radical (unpaired) electrons. The summed E-state index contributed by atoms with van der Waals surface area (Å²) in [5.74, 6) is 1.51. The first-order valence-electron chi connectivity index (χ1n) is 6.10. The first-order valence-corrected chi connectivity index (χ1v) is 6.10. The van der Waals surface area contributed by atoms with Crippen molar-refractivity contribution >= 4 is 5.69 Å². The Hall–Kier alpha value is -2.08. The minimum absolute atomic E-state index is 0.504. The third-order valence-electron chi connectivity index (χ3n) is 2.51. The topological polar surface area (TPSA) is 72.1 Å². The lowest BCUT2D eigenvalue weighted by molar-refractivity contribution is 0.144. The molecule has 0 aromatic carbocycles. The number of aryl methyl sites for hydroxylation is 1. The molecule has 102 valence electrons. The number of aromatic amines is 1. The highest BCUT2D eigenvalue weighted by atomic mass is 16.5. The van der Waals surface area contributed by atoms with Crippen molar-refractivity contribution in [3.8, 4) is 5.88 Å². The predicted octanol–water partition coefficient (Wildman–Crippen LogP) is 1.75. The van der Waals surface area contributed by atoms with Crippen molar-refractivity contribution in [2.24, 2.45) is 0 Å². The Balaban J connectivity index is 1.81. The molecule has 0 aliphatic heterocycles. The second kappa shape index (κ2) is 6.75. The Morgan fingerprint density at radius 2 is 2.11 bits per heavy atom. The molecule has 0 bridgehead atoms. The van der Waals surface area contributed by atoms with Gasteiger partial charge in [-0.3, -0.25) is 0 Å². The van der Waals surface area contributed by atoms with Crippen molar-refractivity contribution in [2.45, 2.75) is 13.5 Å². The van der Waals surface area contributed by atoms with Crippen LogP contribution < -0.4 is 10.1 Å². The summed E-state index contributed by atoms with van der Waals surface area (Å²) in [5, 5.41) is 3.25. The predicted molar refractivity (Wildman–Crippen MR) is 72.3 cm³/mol. The van der Waals surface area contributed by atoms with Crippen LogP contribution in [0.15, 0.2) is 24.5 Å². The Bertz CT molecular complexity index is 496. The number of nitrogens with zero attached hydrogens (tertiary/aromatic N) is 2. The molecule has 6 heteroatoms. The molecule has 0 saturated carbocycles. The second-order valence-corrected chi connectivity index (χ2v) is 4.07. The average Bonchev–Trinajstić information content (AvgIpc) is 2.84. The van der Waals surface area contributed by atoms with E-state index >= 15 is 0 Å². The van der Waals surface area contributed by atoms with E-state index in [1.165, 1.54) is 0 Å². The number of H-pyrrole nitrogens is 1. The Kier molecular flexibility index (Phi) is 4.74. The highest BCUT2D eigenvalue weighted by Gasteiger charge is 1.99. The van der Waals surface area contributed by atoms with Crippen molar-refractivity contribution in [1.29, 1.82) is 0 Å². The maximum atomic E-state index is 5.39. The van der Waals surface area contributed by atoms with E-state index in [9.17, 15) is 0 Å². The summed E-state index contributed by atoms with van der Waals surface area (Å²) in [5.41, 5.74) is 1.98. The van der Waals surface area contributed by atoms with E-state index in [1.807, 2.05) is 25.3 Å². The fourth-order valence-corrected chi connectivity index (χ4v) is 1.56. The summed E-state index contributed by atoms with van der Waals surface area (Å²) in [4.78, 5) is 11.5. The zero-order valence-electron chi connectivity index (χ0n) is 11.1. The summed E-state index contributed by atoms with van der Waals surface area (Å²) in [6.07, 6.45) is 3.56. The van der Waals surface area contributed by atoms with Crippen LogP contribution in [0.3, 0.4) is 0 Å². The monoisotopic (exact) mass is 262 g/mol. The summed E-state index contributed by atoms with van der Waals surface area (Å²) < 4.78 is 10.3. The number of aromatic nitrogens is 3. The zero-order chi connectivity index (χ0) is 13.5. The summed E-state index contributed by atoms with van der Waals surface area (Å²) >= 11 is 0. The minimum atomic E-state index is 0.504. The van der Waals surface area contributed by atoms with Gasteiger partial charge in [-0.25, -0.2) is 9.97 Å². The first-order chi connectivity index (χ1) is 9.28. The molecule has 2 aromatic heterocycles. The average molecular weight is 262 g/mol. The van der Waals surface area contributed by atoms with Crippen molar-refractivity contribution in [3.05, 3.63) is 36.0 Å². The lowest BCUT2D eigenvalue weighted by Crippen LogP contribution is -2.05. The molecule has 2 heterocycles. The molecule has 0 fully saturated rings. The van der Waals surface area contributed by atoms with Gasteiger partial charge in [-0.15, -0.1) is 0 Å². The van der Waals surface area contributed by atoms with Gasteiger partial charge in [0.1, 0.15) is 12.4 Å². The van der Waals surface area contributed by atoms with Crippen molar-refractivity contribution in [2.75, 3.05) is 25.6 Å². The van der Waals surface area contributed by atoms with E-state index in [0.717, 1.165) is 17.2 Å². The molecule has 0 amide bonds. The van der Waals surface area contributed by atoms with Gasteiger partial charge in [0.25, 0.3) is 0 Å². The fourth-order valence-electron chi connectivity index (χ4n) is 1.56. The smallest absolute Gasteiger partial charge is 0.213 e. The van der Waals surface area contributed by atoms with Crippen molar-refractivity contribution in [3.63, 3.8) is 0 Å². The number of rotatable bonds is 7. The Labute approximate surface area is 112 Å². The van der Waals surface area contributed by atoms with Crippen LogP contribution in [0.4, 0.5) is 5.69 Å². The molecule has 0 aliphatic rings. The molecule has 0 unspecified atom stereocenters. The molecule has 0 spiro atoms. The van der Waals surface area contributed by atoms with Crippen LogP contribution in [-0.4, -0.2) is 35.3 Å². The largest absolute Gasteiger partial charge is 0.475 e. The van der Waals surface area contributed by atoms with Crippen molar-refractivity contribution < 1.29 is 9.47 Å². The van der Waals surface area contributed by atoms with Crippen LogP contribution in [0.2, 0.25) is 0 Å². The van der Waals surface area contributed by atoms with Crippen LogP contribution in [0.25, 0.3) is 0 Å². The lowest BCUT2D eigenvalue weighted by Gasteiger charge is -2.07. The Morgan fingerprint density at radius 1 is 1.21 bits per heavy atom. The van der Waals surface area contributed by atoms with E-state index in [1.54, 1.807) is 13.3 Å². The quantitative estimate of drug-likeness (QED) is 0.744. The number of hydrogen-bond acceptors (Lipinski definition) is 5. The standard InChI is InChI=1S/C13H18N4O2/c1-10-14-8-12(17-10)9-15-11-3-4-13(16-7-11)19-6-5-18-2/h3-4,7-8,15H,5-6,9H2,1-2H3,(H,14,17). The third kappa shape index (κ3) is 4.26. The van der Waals surface area contributed by atoms with Crippen LogP contribution in [0.5, 0.6) is 5.88 Å². The molecule has 0 atom stereocenters. The second-order valence-electron chi connectivity index (χ2n) is 4.07. The van der Waals surface area contributed by atoms with Gasteiger partial charge in [0.2, 0.25) is 5.88 Å². The fraction of sp³-hybridized carbons (Fsp3) is 0.385. The third-order valence-corrected chi connectivity index (χ3v) is 2.51. The molecule has 19 heavy (non-hydrogen) atoms. The van der Waals surface area contributed by atoms with Gasteiger partial charge in [-0.2, -0.15) is 0 Å². The van der Waals surface area contributed by atoms with E-state index in [0.29, 0.717) is 25.6 Å². The van der Waals surface area contributed by atoms with E-state index < -0.39 is 0 Å². The van der Waals surface area contributed by atoms with Crippen LogP contribution in [0.1, 0.15) is 11.5 Å². The highest BCUT2D eigenvalue weighted by molar-refractivity contribution is 5.42. The zero-order valence-corrected chi connectivity index (χ0v) is 11.1. The molecule has 2 aromatic rings. The summed E-state index contributed by atoms with van der Waals surface area (Å²) in [7, 11) is 1.64. The molecule has 6 nitrogen and oxygen atoms in total. The maximum Gasteiger partial charge on any atom is 0.213 e. The van der Waals surface area contributed by atoms with Crippen LogP contribution in [-0.2, 0) is 11.3 Å². The first kappa shape index (κ1) is 13.4. The van der Waals surface area contributed by atoms with Gasteiger partial charge >= 0.3 is 0 Å². The normalized spacial score (nSPS) is 10.4. The van der Waals surface area contributed by atoms with Crippen LogP contribution in [0, 0.1) is 6.92 Å². The number of methoxy groups -OCH3 is 1. The molecule has 0 saturated heterocycles. The van der Waals surface area contributed by atoms with Gasteiger partial charge < -0.3 is 19.8 Å². The molecular formula is C13H18N4O2. The van der Waals surface area contributed by atoms with Crippen LogP contribution >= 0.6 is 0 Å². The number of anilines is 1. The van der Waals surface area contributed by atoms with E-state index in [4.69, 9.17) is 9.47 Å². The number of pyridine rings is 1. The molecule has 2 rings (SSSR count). The highest BCUT2D eigenvalue weighted by Crippen LogP contribution is 2.12. The summed E-state index contributed by atoms with van der Waals surface area (Å²) in [6, 6.07) is 3.76. The molecular weight excluding hydrogens is 244 g/mol. The van der Waals surface area contributed by atoms with Gasteiger partial charge in [0.05, 0.1) is 36.9 Å². The number of nitrogens with one attached hydrogen (secondary N) is 2. The lowest BCUT2D eigenvalue weighted by atomic mass is 10.4. The Morgan fingerprint density at radius 3 is 2.74 bits per heavy atom. The number of ether oxygens (including phenoxy) is 2. The van der Waals surface area contributed by atoms with Gasteiger partial charge in [0.15, 0.2) is 0 Å². The number of hydrogen-bond donors (Lipinski definition) is 2. The molecule has 2 N–H and O–H groups in total. The minimum Gasteiger partial charge on any atom is -0.475 e. The maximum absolute atomic E-state index is 5.39. The SMILES string of the molecule is COCCOc1ccc(NCc2cnc(C)[nH]2)cn1. The molecule has 0 aliphatic carbocycles. The van der Waals surface area contributed by atoms with Gasteiger partial charge in [-0.05, 0) is 13.0 Å². The summed E-state index contributed by atoms with van der Waals surface area (Å²) in [6.45, 7) is 3.67. The van der Waals surface area contributed by atoms with E-state index in [2.05, 4.69) is 20.3 Å². The van der Waals surface area contributed by atoms with E-state index in [-0.39, 0.29) is 0 Å². The van der Waals surface area contributed by atoms with Gasteiger partial charge in [-0.1, -0.05) is 0 Å². The van der Waals surface area contributed by atoms with Crippen molar-refractivity contribution in [1.82, 2.24) is 15.0 Å².